The number of rotatable bonds is 4. The van der Waals surface area contributed by atoms with Crippen molar-refractivity contribution in [1.29, 1.82) is 5.26 Å². The molecule has 0 aromatic heterocycles. The van der Waals surface area contributed by atoms with E-state index in [9.17, 15) is 5.26 Å². The van der Waals surface area contributed by atoms with Gasteiger partial charge in [0.2, 0.25) is 0 Å². The summed E-state index contributed by atoms with van der Waals surface area (Å²) in [5.41, 5.74) is 0.890. The van der Waals surface area contributed by atoms with Crippen molar-refractivity contribution in [3.63, 3.8) is 0 Å². The average Bonchev–Trinajstić information content (AvgIpc) is 2.43. The molecular weight excluding hydrogens is 281 g/mol. The summed E-state index contributed by atoms with van der Waals surface area (Å²) in [5.74, 6) is 0.367. The smallest absolute Gasteiger partial charge is 0.119 e. The summed E-state index contributed by atoms with van der Waals surface area (Å²) in [6.07, 6.45) is 0. The Kier molecular flexibility index (Phi) is 4.68. The van der Waals surface area contributed by atoms with Gasteiger partial charge < -0.3 is 4.74 Å². The first-order valence-corrected chi connectivity index (χ1v) is 6.48. The minimum Gasteiger partial charge on any atom is -0.492 e. The number of benzene rings is 2. The second kappa shape index (κ2) is 6.47. The number of nitrogens with zero attached hydrogens (tertiary/aromatic N) is 1. The van der Waals surface area contributed by atoms with Crippen molar-refractivity contribution in [2.75, 3.05) is 6.61 Å². The number of hydrogen-bond acceptors (Lipinski definition) is 2. The van der Waals surface area contributed by atoms with E-state index in [2.05, 4.69) is 6.07 Å². The van der Waals surface area contributed by atoms with E-state index in [1.54, 1.807) is 36.4 Å². The molecule has 96 valence electrons. The Morgan fingerprint density at radius 2 is 1.47 bits per heavy atom. The molecule has 0 spiro atoms. The molecule has 0 fully saturated rings. The van der Waals surface area contributed by atoms with Crippen LogP contribution in [0.5, 0.6) is 5.75 Å². The van der Waals surface area contributed by atoms with Crippen molar-refractivity contribution >= 4 is 23.2 Å². The Morgan fingerprint density at radius 3 is 2.00 bits per heavy atom. The van der Waals surface area contributed by atoms with Crippen LogP contribution in [0.3, 0.4) is 0 Å². The van der Waals surface area contributed by atoms with Crippen molar-refractivity contribution in [1.82, 2.24) is 0 Å². The first-order chi connectivity index (χ1) is 9.19. The highest BCUT2D eigenvalue weighted by Crippen LogP contribution is 2.21. The third-order valence-electron chi connectivity index (χ3n) is 2.66. The maximum Gasteiger partial charge on any atom is 0.119 e. The van der Waals surface area contributed by atoms with Crippen LogP contribution in [-0.2, 0) is 0 Å². The molecule has 4 heteroatoms. The quantitative estimate of drug-likeness (QED) is 0.819. The molecule has 0 N–H and O–H groups in total. The summed E-state index contributed by atoms with van der Waals surface area (Å²) >= 11 is 11.6. The second-order valence-electron chi connectivity index (χ2n) is 4.00. The predicted molar refractivity (Wildman–Crippen MR) is 76.8 cm³/mol. The SMILES string of the molecule is N#CC(COc1ccc(Cl)cc1)c1ccc(Cl)cc1. The zero-order valence-corrected chi connectivity index (χ0v) is 11.5. The maximum absolute atomic E-state index is 9.19. The van der Waals surface area contributed by atoms with Gasteiger partial charge in [-0.2, -0.15) is 5.26 Å². The van der Waals surface area contributed by atoms with E-state index in [1.807, 2.05) is 12.1 Å². The van der Waals surface area contributed by atoms with Crippen LogP contribution < -0.4 is 4.74 Å². The van der Waals surface area contributed by atoms with Crippen LogP contribution in [0, 0.1) is 11.3 Å². The summed E-state index contributed by atoms with van der Waals surface area (Å²) in [6, 6.07) is 16.5. The van der Waals surface area contributed by atoms with Gasteiger partial charge in [0.15, 0.2) is 0 Å². The molecule has 0 aliphatic rings. The van der Waals surface area contributed by atoms with E-state index in [0.717, 1.165) is 5.56 Å². The third-order valence-corrected chi connectivity index (χ3v) is 3.16. The first-order valence-electron chi connectivity index (χ1n) is 5.72. The Labute approximate surface area is 122 Å². The van der Waals surface area contributed by atoms with Gasteiger partial charge in [0, 0.05) is 10.0 Å². The van der Waals surface area contributed by atoms with Crippen LogP contribution in [0.2, 0.25) is 10.0 Å². The molecule has 1 unspecified atom stereocenters. The number of nitriles is 1. The van der Waals surface area contributed by atoms with Gasteiger partial charge in [-0.25, -0.2) is 0 Å². The fourth-order valence-corrected chi connectivity index (χ4v) is 1.87. The average molecular weight is 292 g/mol. The summed E-state index contributed by atoms with van der Waals surface area (Å²) in [5, 5.41) is 10.5. The number of ether oxygens (including phenoxy) is 1. The summed E-state index contributed by atoms with van der Waals surface area (Å²) < 4.78 is 5.58. The normalized spacial score (nSPS) is 11.6. The van der Waals surface area contributed by atoms with E-state index in [1.165, 1.54) is 0 Å². The lowest BCUT2D eigenvalue weighted by Gasteiger charge is -2.11. The van der Waals surface area contributed by atoms with Crippen LogP contribution in [-0.4, -0.2) is 6.61 Å². The van der Waals surface area contributed by atoms with Gasteiger partial charge in [0.05, 0.1) is 6.07 Å². The summed E-state index contributed by atoms with van der Waals surface area (Å²) in [7, 11) is 0. The Morgan fingerprint density at radius 1 is 0.947 bits per heavy atom. The molecule has 0 amide bonds. The molecule has 0 saturated heterocycles. The molecule has 1 atom stereocenters. The van der Waals surface area contributed by atoms with Crippen LogP contribution >= 0.6 is 23.2 Å². The molecule has 2 rings (SSSR count). The van der Waals surface area contributed by atoms with Crippen molar-refractivity contribution in [3.8, 4) is 11.8 Å². The van der Waals surface area contributed by atoms with E-state index in [-0.39, 0.29) is 5.92 Å². The largest absolute Gasteiger partial charge is 0.492 e. The van der Waals surface area contributed by atoms with Gasteiger partial charge in [-0.15, -0.1) is 0 Å². The van der Waals surface area contributed by atoms with Gasteiger partial charge in [-0.3, -0.25) is 0 Å². The van der Waals surface area contributed by atoms with Gasteiger partial charge in [-0.05, 0) is 42.0 Å². The highest BCUT2D eigenvalue weighted by Gasteiger charge is 2.11. The van der Waals surface area contributed by atoms with Gasteiger partial charge in [-0.1, -0.05) is 35.3 Å². The van der Waals surface area contributed by atoms with E-state index in [0.29, 0.717) is 22.4 Å². The van der Waals surface area contributed by atoms with Gasteiger partial charge in [0.1, 0.15) is 18.3 Å². The number of halogens is 2. The molecule has 0 saturated carbocycles. The van der Waals surface area contributed by atoms with Crippen LogP contribution in [0.25, 0.3) is 0 Å². The monoisotopic (exact) mass is 291 g/mol. The first kappa shape index (κ1) is 13.7. The van der Waals surface area contributed by atoms with Crippen molar-refractivity contribution in [3.05, 3.63) is 64.1 Å². The zero-order chi connectivity index (χ0) is 13.7. The minimum atomic E-state index is -0.326. The minimum absolute atomic E-state index is 0.291. The lowest BCUT2D eigenvalue weighted by atomic mass is 10.0. The van der Waals surface area contributed by atoms with Crippen LogP contribution in [0.4, 0.5) is 0 Å². The van der Waals surface area contributed by atoms with Gasteiger partial charge >= 0.3 is 0 Å². The molecule has 2 aromatic carbocycles. The second-order valence-corrected chi connectivity index (χ2v) is 4.87. The Bertz CT molecular complexity index is 573. The number of hydrogen-bond donors (Lipinski definition) is 0. The van der Waals surface area contributed by atoms with Crippen molar-refractivity contribution < 1.29 is 4.74 Å². The fourth-order valence-electron chi connectivity index (χ4n) is 1.61. The van der Waals surface area contributed by atoms with E-state index >= 15 is 0 Å². The van der Waals surface area contributed by atoms with E-state index in [4.69, 9.17) is 27.9 Å². The molecule has 19 heavy (non-hydrogen) atoms. The molecule has 2 aromatic rings. The lowest BCUT2D eigenvalue weighted by molar-refractivity contribution is 0.308. The highest BCUT2D eigenvalue weighted by atomic mass is 35.5. The fraction of sp³-hybridized carbons (Fsp3) is 0.133. The van der Waals surface area contributed by atoms with E-state index < -0.39 is 0 Å². The zero-order valence-electron chi connectivity index (χ0n) is 10.0. The van der Waals surface area contributed by atoms with Crippen molar-refractivity contribution in [2.24, 2.45) is 0 Å². The van der Waals surface area contributed by atoms with Crippen LogP contribution in [0.15, 0.2) is 48.5 Å². The molecule has 0 aliphatic heterocycles. The van der Waals surface area contributed by atoms with Crippen molar-refractivity contribution in [2.45, 2.75) is 5.92 Å². The summed E-state index contributed by atoms with van der Waals surface area (Å²) in [6.45, 7) is 0.291. The lowest BCUT2D eigenvalue weighted by Crippen LogP contribution is -2.08. The Balaban J connectivity index is 2.02. The Hall–Kier alpha value is -1.69. The van der Waals surface area contributed by atoms with Crippen LogP contribution in [0.1, 0.15) is 11.5 Å². The topological polar surface area (TPSA) is 33.0 Å². The predicted octanol–water partition coefficient (Wildman–Crippen LogP) is 4.68. The molecular formula is C15H11Cl2NO. The molecule has 0 radical (unpaired) electrons. The molecule has 0 aliphatic carbocycles. The molecule has 2 nitrogen and oxygen atoms in total. The standard InChI is InChI=1S/C15H11Cl2NO/c16-13-3-1-11(2-4-13)12(9-18)10-19-15-7-5-14(17)6-8-15/h1-8,12H,10H2. The summed E-state index contributed by atoms with van der Waals surface area (Å²) in [4.78, 5) is 0. The highest BCUT2D eigenvalue weighted by molar-refractivity contribution is 6.30. The van der Waals surface area contributed by atoms with Gasteiger partial charge in [0.25, 0.3) is 0 Å². The molecule has 0 bridgehead atoms. The third kappa shape index (κ3) is 3.89. The molecule has 0 heterocycles. The maximum atomic E-state index is 9.19.